The Balaban J connectivity index is 0.000000899. The van der Waals surface area contributed by atoms with Crippen LogP contribution in [-0.2, 0) is 55.2 Å². The number of aliphatic hydroxyl groups is 2. The third-order valence-electron chi connectivity index (χ3n) is 8.82. The van der Waals surface area contributed by atoms with Crippen LogP contribution < -0.4 is 20.4 Å². The number of benzene rings is 2. The van der Waals surface area contributed by atoms with Crippen LogP contribution in [0.4, 0.5) is 25.2 Å². The SMILES string of the molecule is CCOC(=O)C(C(=O)OCC)=c1c2ccc3ccc4ccc(nc4c3n2)c(=C(C(=O)OCC)C(=O)OCC)c2ccc([n-]2)[c+](-c2ccccc2)c2ccc1[n-]2.CO.CO.F[P-](F)(F)(F)(F)F.[Cu+2]. The number of hydrogen-bond acceptors (Lipinski definition) is 12. The number of hydrogen-bond donors (Lipinski definition) is 2. The summed E-state index contributed by atoms with van der Waals surface area (Å²) in [5, 5.41) is 15.6. The normalized spacial score (nSPS) is 11.7. The molecule has 5 aromatic heterocycles. The van der Waals surface area contributed by atoms with Gasteiger partial charge in [0.05, 0.1) is 54.1 Å². The fourth-order valence-electron chi connectivity index (χ4n) is 6.52. The summed E-state index contributed by atoms with van der Waals surface area (Å²) in [5.74, 6) is -3.58. The molecule has 0 fully saturated rings. The topological polar surface area (TPSA) is 200 Å². The number of halogens is 6. The Labute approximate surface area is 388 Å². The van der Waals surface area contributed by atoms with E-state index in [1.807, 2.05) is 42.5 Å². The third kappa shape index (κ3) is 14.0. The number of aromatic nitrogens is 4. The van der Waals surface area contributed by atoms with Crippen LogP contribution in [0.5, 0.6) is 0 Å². The Kier molecular flexibility index (Phi) is 18.3. The predicted octanol–water partition coefficient (Wildman–Crippen LogP) is 7.82. The second kappa shape index (κ2) is 22.3. The summed E-state index contributed by atoms with van der Waals surface area (Å²) in [5.41, 5.74) is 3.29. The Morgan fingerprint density at radius 2 is 0.836 bits per heavy atom. The van der Waals surface area contributed by atoms with Gasteiger partial charge in [0.2, 0.25) is 0 Å². The summed E-state index contributed by atoms with van der Waals surface area (Å²) in [6, 6.07) is 27.0. The van der Waals surface area contributed by atoms with Gasteiger partial charge in [-0.25, -0.2) is 29.1 Å². The minimum absolute atomic E-state index is 0. The molecule has 0 amide bonds. The van der Waals surface area contributed by atoms with Crippen molar-refractivity contribution in [2.75, 3.05) is 40.6 Å². The molecule has 67 heavy (non-hydrogen) atoms. The van der Waals surface area contributed by atoms with Gasteiger partial charge in [-0.1, -0.05) is 35.3 Å². The van der Waals surface area contributed by atoms with Crippen LogP contribution >= 0.6 is 7.81 Å². The zero-order chi connectivity index (χ0) is 49.0. The first kappa shape index (κ1) is 54.8. The molecule has 0 aliphatic rings. The summed E-state index contributed by atoms with van der Waals surface area (Å²) in [6.07, 6.45) is 0. The average Bonchev–Trinajstić information content (AvgIpc) is 3.96. The molecule has 0 atom stereocenters. The van der Waals surface area contributed by atoms with E-state index < -0.39 is 31.7 Å². The van der Waals surface area contributed by atoms with Gasteiger partial charge in [-0.05, 0) is 82.3 Å². The van der Waals surface area contributed by atoms with Gasteiger partial charge in [0.1, 0.15) is 0 Å². The molecule has 361 valence electrons. The first-order chi connectivity index (χ1) is 31.2. The molecule has 0 unspecified atom stereocenters. The van der Waals surface area contributed by atoms with Crippen molar-refractivity contribution < 1.29 is 90.6 Å². The standard InChI is InChI=1S/C43H36N4O8.2CH4O.Cu.F6P/c1-5-52-40(48)36(41(49)53-6-2)34-29-22-20-27(44-29)33(24-12-10-9-11-13-24)28-21-23-30(45-28)35(37(42(50)54-7-3)43(51)55-8-4)32-19-17-26-15-14-25-16-18-31(34)46-38(25)39(26)47-32;2*1-2;;1-7(2,3,4,5)6/h9-23H,5-8H2,1-4H3,(H-,44,45,48,49,50,51);2*2H,1H3;;/q;;;+2;-1/p-1. The van der Waals surface area contributed by atoms with Crippen LogP contribution in [0.3, 0.4) is 0 Å². The van der Waals surface area contributed by atoms with E-state index >= 15 is 0 Å². The molecule has 0 saturated heterocycles. The maximum absolute atomic E-state index is 13.7. The van der Waals surface area contributed by atoms with Crippen molar-refractivity contribution in [1.29, 1.82) is 0 Å². The number of carbonyl (C=O) groups is 4. The fraction of sp³-hybridized carbons (Fsp3) is 0.222. The molecule has 0 aliphatic heterocycles. The third-order valence-corrected chi connectivity index (χ3v) is 8.82. The van der Waals surface area contributed by atoms with E-state index in [1.165, 1.54) is 0 Å². The van der Waals surface area contributed by atoms with Crippen molar-refractivity contribution >= 4 is 97.7 Å². The minimum Gasteiger partial charge on any atom is 2.00 e. The number of carbonyl (C=O) groups excluding carboxylic acids is 4. The van der Waals surface area contributed by atoms with Gasteiger partial charge in [-0.15, -0.1) is 11.0 Å². The second-order valence-electron chi connectivity index (χ2n) is 13.1. The summed E-state index contributed by atoms with van der Waals surface area (Å²) in [7, 11) is -8.66. The van der Waals surface area contributed by atoms with E-state index in [2.05, 4.69) is 0 Å². The van der Waals surface area contributed by atoms with Crippen LogP contribution in [-0.4, -0.2) is 84.7 Å². The molecule has 5 heterocycles. The van der Waals surface area contributed by atoms with E-state index in [9.17, 15) is 44.4 Å². The zero-order valence-corrected chi connectivity index (χ0v) is 38.3. The summed E-state index contributed by atoms with van der Waals surface area (Å²) >= 11 is 0. The van der Waals surface area contributed by atoms with Gasteiger partial charge in [-0.2, -0.15) is 0 Å². The Hall–Kier alpha value is -6.50. The quantitative estimate of drug-likeness (QED) is 0.0207. The number of esters is 4. The molecule has 0 aliphatic carbocycles. The number of nitrogens with zero attached hydrogens (tertiary/aromatic N) is 4. The van der Waals surface area contributed by atoms with Gasteiger partial charge in [0.25, 0.3) is 0 Å². The van der Waals surface area contributed by atoms with E-state index in [-0.39, 0.29) is 87.1 Å². The van der Waals surface area contributed by atoms with Crippen molar-refractivity contribution in [2.24, 2.45) is 0 Å². The maximum Gasteiger partial charge on any atom is 2.00 e. The average molecular weight is 1010 g/mol. The van der Waals surface area contributed by atoms with E-state index in [0.717, 1.165) is 19.8 Å². The molecule has 8 bridgehead atoms. The van der Waals surface area contributed by atoms with Gasteiger partial charge in [0, 0.05) is 53.1 Å². The molecule has 14 nitrogen and oxygen atoms in total. The molecule has 0 saturated carbocycles. The van der Waals surface area contributed by atoms with Gasteiger partial charge in [0.15, 0.2) is 11.1 Å². The van der Waals surface area contributed by atoms with E-state index in [4.69, 9.17) is 49.1 Å². The van der Waals surface area contributed by atoms with Crippen LogP contribution in [0.15, 0.2) is 91.0 Å². The van der Waals surface area contributed by atoms with Crippen LogP contribution in [0.1, 0.15) is 27.7 Å². The molecule has 0 spiro atoms. The molecule has 7 aromatic rings. The molecule has 1 radical (unpaired) electrons. The van der Waals surface area contributed by atoms with Crippen molar-refractivity contribution in [2.45, 2.75) is 27.7 Å². The smallest absolute Gasteiger partial charge is 2.00 e. The first-order valence-corrected chi connectivity index (χ1v) is 21.8. The van der Waals surface area contributed by atoms with Gasteiger partial charge >= 0.3 is 73.9 Å². The number of fused-ring (bicyclic) bond motifs is 6. The predicted molar refractivity (Wildman–Crippen MR) is 237 cm³/mol. The summed E-state index contributed by atoms with van der Waals surface area (Å²) in [4.78, 5) is 74.8. The maximum atomic E-state index is 13.7. The van der Waals surface area contributed by atoms with Crippen LogP contribution in [0, 0.1) is 0 Å². The Bertz CT molecular complexity index is 2900. The summed E-state index contributed by atoms with van der Waals surface area (Å²) in [6.45, 7) is 6.59. The molecule has 2 N–H and O–H groups in total. The number of rotatable bonds is 9. The molecule has 22 heteroatoms. The molecule has 2 aromatic carbocycles. The van der Waals surface area contributed by atoms with E-state index in [1.54, 1.807) is 76.2 Å². The zero-order valence-electron chi connectivity index (χ0n) is 36.5. The Morgan fingerprint density at radius 1 is 0.522 bits per heavy atom. The van der Waals surface area contributed by atoms with E-state index in [0.29, 0.717) is 38.4 Å². The number of ether oxygens (including phenoxy) is 4. The van der Waals surface area contributed by atoms with Crippen LogP contribution in [0.2, 0.25) is 0 Å². The van der Waals surface area contributed by atoms with Crippen LogP contribution in [0.25, 0.3) is 77.2 Å². The second-order valence-corrected chi connectivity index (χ2v) is 15.0. The summed E-state index contributed by atoms with van der Waals surface area (Å²) < 4.78 is 80.8. The molecular weight excluding hydrogens is 965 g/mol. The monoisotopic (exact) mass is 1010 g/mol. The number of pyridine rings is 2. The van der Waals surface area contributed by atoms with Crippen molar-refractivity contribution in [1.82, 2.24) is 19.9 Å². The van der Waals surface area contributed by atoms with Gasteiger partial charge in [-0.3, -0.25) is 0 Å². The molecule has 7 rings (SSSR count). The minimum atomic E-state index is -10.7. The molecular formula is C45H43CuF6N4O10P. The fourth-order valence-corrected chi connectivity index (χ4v) is 6.52. The van der Waals surface area contributed by atoms with Crippen molar-refractivity contribution in [3.63, 3.8) is 0 Å². The van der Waals surface area contributed by atoms with Crippen molar-refractivity contribution in [3.05, 3.63) is 101 Å². The Morgan fingerprint density at radius 3 is 1.15 bits per heavy atom. The first-order valence-electron chi connectivity index (χ1n) is 19.8. The van der Waals surface area contributed by atoms with Gasteiger partial charge < -0.3 is 39.1 Å². The largest absolute Gasteiger partial charge is 2.00 e. The number of aliphatic hydroxyl groups excluding tert-OH is 2. The van der Waals surface area contributed by atoms with Crippen molar-refractivity contribution in [3.8, 4) is 11.1 Å².